The number of nitrogens with zero attached hydrogens (tertiary/aromatic N) is 3. The van der Waals surface area contributed by atoms with E-state index in [1.165, 1.54) is 12.8 Å². The van der Waals surface area contributed by atoms with Crippen LogP contribution in [0.1, 0.15) is 57.8 Å². The van der Waals surface area contributed by atoms with Crippen LogP contribution in [0, 0.1) is 11.3 Å². The lowest BCUT2D eigenvalue weighted by Gasteiger charge is -2.44. The van der Waals surface area contributed by atoms with Crippen LogP contribution in [0.15, 0.2) is 22.8 Å². The predicted molar refractivity (Wildman–Crippen MR) is 116 cm³/mol. The minimum absolute atomic E-state index is 0.0181. The molecule has 0 aromatic carbocycles. The van der Waals surface area contributed by atoms with Crippen molar-refractivity contribution < 1.29 is 18.5 Å². The van der Waals surface area contributed by atoms with Crippen molar-refractivity contribution in [2.75, 3.05) is 18.1 Å². The molecule has 2 aliphatic heterocycles. The summed E-state index contributed by atoms with van der Waals surface area (Å²) in [4.78, 5) is 25.0. The van der Waals surface area contributed by atoms with Gasteiger partial charge in [-0.15, -0.1) is 0 Å². The summed E-state index contributed by atoms with van der Waals surface area (Å²) < 4.78 is 25.3. The van der Waals surface area contributed by atoms with Crippen molar-refractivity contribution in [2.45, 2.75) is 76.0 Å². The molecular formula is C22H32N4O4S. The smallest absolute Gasteiger partial charge is 0.257 e. The van der Waals surface area contributed by atoms with E-state index in [1.54, 1.807) is 23.1 Å². The van der Waals surface area contributed by atoms with Gasteiger partial charge < -0.3 is 10.1 Å². The van der Waals surface area contributed by atoms with Gasteiger partial charge in [0.25, 0.3) is 5.91 Å². The van der Waals surface area contributed by atoms with Gasteiger partial charge in [-0.2, -0.15) is 9.46 Å². The first-order valence-corrected chi connectivity index (χ1v) is 13.4. The largest absolute Gasteiger partial charge is 0.375 e. The summed E-state index contributed by atoms with van der Waals surface area (Å²) in [6.45, 7) is 0.781. The predicted octanol–water partition coefficient (Wildman–Crippen LogP) is 2.29. The molecule has 2 unspecified atom stereocenters. The third-order valence-corrected chi connectivity index (χ3v) is 10.0. The van der Waals surface area contributed by atoms with Crippen molar-refractivity contribution in [1.82, 2.24) is 15.1 Å². The summed E-state index contributed by atoms with van der Waals surface area (Å²) in [7, 11) is -2.49. The molecule has 0 bridgehead atoms. The summed E-state index contributed by atoms with van der Waals surface area (Å²) in [6.07, 6.45) is 11.8. The molecule has 2 amide bonds. The van der Waals surface area contributed by atoms with Crippen LogP contribution in [0.2, 0.25) is 0 Å². The minimum atomic E-state index is -2.49. The van der Waals surface area contributed by atoms with Gasteiger partial charge >= 0.3 is 0 Å². The molecule has 2 spiro atoms. The number of rotatable bonds is 4. The fourth-order valence-electron chi connectivity index (χ4n) is 5.88. The average molecular weight is 449 g/mol. The number of amides is 2. The van der Waals surface area contributed by atoms with Crippen molar-refractivity contribution in [1.29, 1.82) is 0 Å². The molecule has 2 saturated heterocycles. The maximum absolute atomic E-state index is 13.3. The average Bonchev–Trinajstić information content (AvgIpc) is 3.05. The number of ether oxygens (including phenoxy) is 1. The van der Waals surface area contributed by atoms with Gasteiger partial charge in [-0.25, -0.2) is 4.21 Å². The fourth-order valence-corrected chi connectivity index (χ4v) is 8.10. The summed E-state index contributed by atoms with van der Waals surface area (Å²) in [5.41, 5.74) is -0.173. The lowest BCUT2D eigenvalue weighted by Crippen LogP contribution is -2.52. The molecule has 31 heavy (non-hydrogen) atoms. The monoisotopic (exact) mass is 448 g/mol. The summed E-state index contributed by atoms with van der Waals surface area (Å²) >= 11 is 0. The van der Waals surface area contributed by atoms with Crippen LogP contribution in [-0.2, 0) is 30.6 Å². The Morgan fingerprint density at radius 3 is 2.68 bits per heavy atom. The van der Waals surface area contributed by atoms with Crippen molar-refractivity contribution >= 4 is 21.5 Å². The highest BCUT2D eigenvalue weighted by Crippen LogP contribution is 2.63. The zero-order chi connectivity index (χ0) is 21.5. The maximum Gasteiger partial charge on any atom is 0.257 e. The first kappa shape index (κ1) is 21.1. The van der Waals surface area contributed by atoms with Crippen molar-refractivity contribution in [2.24, 2.45) is 15.7 Å². The molecule has 3 heterocycles. The Balaban J connectivity index is 1.16. The molecule has 8 nitrogen and oxygen atoms in total. The lowest BCUT2D eigenvalue weighted by atomic mass is 9.85. The van der Waals surface area contributed by atoms with Gasteiger partial charge in [0.1, 0.15) is 6.54 Å². The molecule has 2 saturated carbocycles. The summed E-state index contributed by atoms with van der Waals surface area (Å²) in [6, 6.07) is 1.83. The number of hydrogen-bond acceptors (Lipinski definition) is 5. The molecule has 2 aliphatic carbocycles. The minimum Gasteiger partial charge on any atom is -0.375 e. The molecule has 1 aromatic heterocycles. The normalized spacial score (nSPS) is 36.4. The van der Waals surface area contributed by atoms with Crippen LogP contribution in [0.4, 0.5) is 0 Å². The Labute approximate surface area is 183 Å². The zero-order valence-corrected chi connectivity index (χ0v) is 18.8. The van der Waals surface area contributed by atoms with Gasteiger partial charge in [0.15, 0.2) is 0 Å². The van der Waals surface area contributed by atoms with E-state index in [4.69, 9.17) is 4.74 Å². The standard InChI is InChI=1S/C22H32N4O4S/c27-19(16-26-10-3-9-23-26)24-17-4-11-30-22(14-17)7-12-31(29,13-8-22)25-20(28)18-15-21(18)5-1-2-6-21/h3,9-10,17-18H,1-2,4-8,11-16H2,(H,24,27). The van der Waals surface area contributed by atoms with Crippen LogP contribution in [0.25, 0.3) is 0 Å². The molecule has 5 rings (SSSR count). The van der Waals surface area contributed by atoms with Gasteiger partial charge in [-0.05, 0) is 56.4 Å². The third kappa shape index (κ3) is 4.44. The number of carbonyl (C=O) groups is 2. The van der Waals surface area contributed by atoms with Gasteiger partial charge in [-0.3, -0.25) is 14.3 Å². The van der Waals surface area contributed by atoms with Gasteiger partial charge in [0.2, 0.25) is 5.91 Å². The van der Waals surface area contributed by atoms with E-state index >= 15 is 0 Å². The van der Waals surface area contributed by atoms with E-state index in [0.717, 1.165) is 25.7 Å². The Hall–Kier alpha value is -1.74. The van der Waals surface area contributed by atoms with Crippen LogP contribution >= 0.6 is 0 Å². The topological polar surface area (TPSA) is 103 Å². The number of aromatic nitrogens is 2. The van der Waals surface area contributed by atoms with E-state index in [1.807, 2.05) is 0 Å². The second-order valence-corrected chi connectivity index (χ2v) is 12.5. The highest BCUT2D eigenvalue weighted by Gasteiger charge is 2.59. The molecule has 0 radical (unpaired) electrons. The zero-order valence-electron chi connectivity index (χ0n) is 18.0. The Morgan fingerprint density at radius 1 is 1.19 bits per heavy atom. The Morgan fingerprint density at radius 2 is 1.97 bits per heavy atom. The first-order valence-electron chi connectivity index (χ1n) is 11.6. The number of nitrogens with one attached hydrogen (secondary N) is 1. The third-order valence-electron chi connectivity index (χ3n) is 7.82. The van der Waals surface area contributed by atoms with Crippen LogP contribution in [-0.4, -0.2) is 55.6 Å². The van der Waals surface area contributed by atoms with E-state index in [9.17, 15) is 13.8 Å². The van der Waals surface area contributed by atoms with Crippen LogP contribution in [0.3, 0.4) is 0 Å². The quantitative estimate of drug-likeness (QED) is 0.761. The molecule has 4 aliphatic rings. The van der Waals surface area contributed by atoms with E-state index in [2.05, 4.69) is 14.8 Å². The van der Waals surface area contributed by atoms with E-state index in [-0.39, 0.29) is 41.3 Å². The molecule has 1 aromatic rings. The second-order valence-electron chi connectivity index (χ2n) is 9.93. The second kappa shape index (κ2) is 7.99. The lowest BCUT2D eigenvalue weighted by molar-refractivity contribution is -0.127. The van der Waals surface area contributed by atoms with Gasteiger partial charge in [0, 0.05) is 42.5 Å². The first-order chi connectivity index (χ1) is 14.9. The molecule has 9 heteroatoms. The summed E-state index contributed by atoms with van der Waals surface area (Å²) in [5.74, 6) is 0.663. The van der Waals surface area contributed by atoms with E-state index in [0.29, 0.717) is 37.4 Å². The van der Waals surface area contributed by atoms with Gasteiger partial charge in [0.05, 0.1) is 15.3 Å². The van der Waals surface area contributed by atoms with Crippen LogP contribution in [0.5, 0.6) is 0 Å². The van der Waals surface area contributed by atoms with Crippen molar-refractivity contribution in [3.05, 3.63) is 18.5 Å². The van der Waals surface area contributed by atoms with Crippen LogP contribution < -0.4 is 5.32 Å². The fraction of sp³-hybridized carbons (Fsp3) is 0.773. The summed E-state index contributed by atoms with van der Waals surface area (Å²) in [5, 5.41) is 7.18. The molecule has 1 N–H and O–H groups in total. The number of carbonyl (C=O) groups excluding carboxylic acids is 2. The molecular weight excluding hydrogens is 416 g/mol. The highest BCUT2D eigenvalue weighted by molar-refractivity contribution is 7.93. The molecule has 2 atom stereocenters. The Kier molecular flexibility index (Phi) is 5.45. The molecule has 170 valence electrons. The van der Waals surface area contributed by atoms with Crippen molar-refractivity contribution in [3.63, 3.8) is 0 Å². The van der Waals surface area contributed by atoms with E-state index < -0.39 is 9.73 Å². The number of hydrogen-bond donors (Lipinski definition) is 1. The SMILES string of the molecule is O=C(Cn1cccn1)NC1CCOC2(CCS(=O)(=NC(=O)C3CC34CCCC4)CC2)C1. The van der Waals surface area contributed by atoms with Gasteiger partial charge in [-0.1, -0.05) is 12.8 Å². The highest BCUT2D eigenvalue weighted by atomic mass is 32.2. The van der Waals surface area contributed by atoms with Crippen molar-refractivity contribution in [3.8, 4) is 0 Å². The Bertz CT molecular complexity index is 946. The molecule has 4 fully saturated rings. The maximum atomic E-state index is 13.3.